The van der Waals surface area contributed by atoms with Gasteiger partial charge >= 0.3 is 0 Å². The SMILES string of the molecule is Cc1ccc(S(=O)(=O)N2CCCCC2C)cc1C(=O)NCc1nn(-c2ccccc2)c2c1CCC2. The number of nitrogens with one attached hydrogen (secondary N) is 1. The number of rotatable bonds is 6. The molecule has 3 aromatic rings. The van der Waals surface area contributed by atoms with Gasteiger partial charge in [-0.25, -0.2) is 13.1 Å². The summed E-state index contributed by atoms with van der Waals surface area (Å²) in [6, 6.07) is 14.9. The molecule has 5 rings (SSSR count). The molecule has 1 aliphatic heterocycles. The van der Waals surface area contributed by atoms with Crippen molar-refractivity contribution in [1.82, 2.24) is 19.4 Å². The van der Waals surface area contributed by atoms with E-state index in [9.17, 15) is 13.2 Å². The molecule has 2 aromatic carbocycles. The second-order valence-electron chi connectivity index (χ2n) is 9.59. The first-order valence-electron chi connectivity index (χ1n) is 12.4. The van der Waals surface area contributed by atoms with Gasteiger partial charge in [-0.05, 0) is 81.3 Å². The Labute approximate surface area is 207 Å². The number of piperidine rings is 1. The molecule has 1 fully saturated rings. The number of carbonyl (C=O) groups is 1. The van der Waals surface area contributed by atoms with Crippen molar-refractivity contribution in [2.24, 2.45) is 0 Å². The molecular weight excluding hydrogens is 460 g/mol. The Hall–Kier alpha value is -2.97. The Kier molecular flexibility index (Phi) is 6.51. The molecule has 1 aliphatic carbocycles. The number of para-hydroxylation sites is 1. The van der Waals surface area contributed by atoms with Crippen molar-refractivity contribution in [3.63, 3.8) is 0 Å². The highest BCUT2D eigenvalue weighted by Gasteiger charge is 2.31. The van der Waals surface area contributed by atoms with Crippen LogP contribution in [0.1, 0.15) is 65.5 Å². The Bertz CT molecular complexity index is 1350. The van der Waals surface area contributed by atoms with E-state index in [2.05, 4.69) is 5.32 Å². The first kappa shape index (κ1) is 23.8. The largest absolute Gasteiger partial charge is 0.346 e. The van der Waals surface area contributed by atoms with Crippen molar-refractivity contribution in [2.45, 2.75) is 69.9 Å². The fourth-order valence-electron chi connectivity index (χ4n) is 5.27. The standard InChI is InChI=1S/C27H32N4O3S/c1-19-14-15-22(35(33,34)30-16-7-6-9-20(30)2)17-24(19)27(32)28-18-25-23-12-8-13-26(23)31(29-25)21-10-4-3-5-11-21/h3-5,10-11,14-15,17,20H,6-9,12-13,16,18H2,1-2H3,(H,28,32). The van der Waals surface area contributed by atoms with E-state index in [0.717, 1.165) is 55.5 Å². The van der Waals surface area contributed by atoms with Crippen molar-refractivity contribution in [3.05, 3.63) is 76.6 Å². The third kappa shape index (κ3) is 4.52. The molecule has 1 atom stereocenters. The van der Waals surface area contributed by atoms with Crippen LogP contribution >= 0.6 is 0 Å². The Morgan fingerprint density at radius 2 is 1.89 bits per heavy atom. The van der Waals surface area contributed by atoms with Gasteiger partial charge in [0.25, 0.3) is 5.91 Å². The summed E-state index contributed by atoms with van der Waals surface area (Å²) in [6.45, 7) is 4.61. The normalized spacial score (nSPS) is 18.4. The lowest BCUT2D eigenvalue weighted by Gasteiger charge is -2.32. The van der Waals surface area contributed by atoms with E-state index in [1.165, 1.54) is 17.3 Å². The molecule has 184 valence electrons. The maximum absolute atomic E-state index is 13.3. The van der Waals surface area contributed by atoms with Crippen molar-refractivity contribution >= 4 is 15.9 Å². The Morgan fingerprint density at radius 1 is 1.09 bits per heavy atom. The molecular formula is C27H32N4O3S. The minimum Gasteiger partial charge on any atom is -0.346 e. The van der Waals surface area contributed by atoms with Gasteiger partial charge in [0.05, 0.1) is 22.8 Å². The summed E-state index contributed by atoms with van der Waals surface area (Å²) in [5.74, 6) is -0.285. The average molecular weight is 493 g/mol. The van der Waals surface area contributed by atoms with Crippen molar-refractivity contribution in [1.29, 1.82) is 0 Å². The number of aryl methyl sites for hydroxylation is 1. The Morgan fingerprint density at radius 3 is 2.66 bits per heavy atom. The number of aromatic nitrogens is 2. The van der Waals surface area contributed by atoms with Crippen LogP contribution in [0, 0.1) is 6.92 Å². The molecule has 0 bridgehead atoms. The Balaban J connectivity index is 1.37. The summed E-state index contributed by atoms with van der Waals surface area (Å²) in [5.41, 5.74) is 5.44. The molecule has 2 heterocycles. The molecule has 1 aromatic heterocycles. The second-order valence-corrected chi connectivity index (χ2v) is 11.5. The zero-order valence-corrected chi connectivity index (χ0v) is 21.1. The van der Waals surface area contributed by atoms with E-state index in [0.29, 0.717) is 18.7 Å². The van der Waals surface area contributed by atoms with Crippen LogP contribution in [0.25, 0.3) is 5.69 Å². The van der Waals surface area contributed by atoms with E-state index in [4.69, 9.17) is 5.10 Å². The van der Waals surface area contributed by atoms with Crippen LogP contribution in [0.3, 0.4) is 0 Å². The van der Waals surface area contributed by atoms with Crippen LogP contribution in [-0.2, 0) is 29.4 Å². The molecule has 35 heavy (non-hydrogen) atoms. The lowest BCUT2D eigenvalue weighted by Crippen LogP contribution is -2.42. The van der Waals surface area contributed by atoms with Gasteiger partial charge in [0.15, 0.2) is 0 Å². The quantitative estimate of drug-likeness (QED) is 0.560. The van der Waals surface area contributed by atoms with Crippen LogP contribution in [0.5, 0.6) is 0 Å². The minimum atomic E-state index is -3.65. The smallest absolute Gasteiger partial charge is 0.251 e. The topological polar surface area (TPSA) is 84.3 Å². The molecule has 2 aliphatic rings. The molecule has 0 radical (unpaired) electrons. The van der Waals surface area contributed by atoms with Crippen molar-refractivity contribution in [2.75, 3.05) is 6.54 Å². The van der Waals surface area contributed by atoms with Crippen molar-refractivity contribution in [3.8, 4) is 5.69 Å². The summed E-state index contributed by atoms with van der Waals surface area (Å²) in [4.78, 5) is 13.4. The summed E-state index contributed by atoms with van der Waals surface area (Å²) < 4.78 is 30.2. The van der Waals surface area contributed by atoms with Crippen LogP contribution < -0.4 is 5.32 Å². The summed E-state index contributed by atoms with van der Waals surface area (Å²) >= 11 is 0. The van der Waals surface area contributed by atoms with E-state index >= 15 is 0 Å². The number of sulfonamides is 1. The monoisotopic (exact) mass is 492 g/mol. The third-order valence-electron chi connectivity index (χ3n) is 7.23. The highest BCUT2D eigenvalue weighted by atomic mass is 32.2. The maximum Gasteiger partial charge on any atom is 0.251 e. The van der Waals surface area contributed by atoms with Crippen LogP contribution in [0.15, 0.2) is 53.4 Å². The molecule has 1 amide bonds. The van der Waals surface area contributed by atoms with E-state index in [-0.39, 0.29) is 16.8 Å². The summed E-state index contributed by atoms with van der Waals surface area (Å²) in [5, 5.41) is 7.81. The number of carbonyl (C=O) groups excluding carboxylic acids is 1. The second kappa shape index (κ2) is 9.59. The first-order valence-corrected chi connectivity index (χ1v) is 13.9. The summed E-state index contributed by atoms with van der Waals surface area (Å²) in [6.07, 6.45) is 5.77. The predicted octanol–water partition coefficient (Wildman–Crippen LogP) is 4.16. The lowest BCUT2D eigenvalue weighted by atomic mass is 10.1. The number of hydrogen-bond acceptors (Lipinski definition) is 4. The van der Waals surface area contributed by atoms with E-state index in [1.54, 1.807) is 16.4 Å². The van der Waals surface area contributed by atoms with Gasteiger partial charge in [-0.3, -0.25) is 4.79 Å². The minimum absolute atomic E-state index is 0.0332. The van der Waals surface area contributed by atoms with Gasteiger partial charge in [-0.15, -0.1) is 0 Å². The van der Waals surface area contributed by atoms with Crippen LogP contribution in [0.2, 0.25) is 0 Å². The highest BCUT2D eigenvalue weighted by molar-refractivity contribution is 7.89. The van der Waals surface area contributed by atoms with E-state index < -0.39 is 10.0 Å². The molecule has 7 nitrogen and oxygen atoms in total. The van der Waals surface area contributed by atoms with Gasteiger partial charge < -0.3 is 5.32 Å². The average Bonchev–Trinajstić information content (AvgIpc) is 3.47. The molecule has 8 heteroatoms. The fraction of sp³-hybridized carbons (Fsp3) is 0.407. The summed E-state index contributed by atoms with van der Waals surface area (Å²) in [7, 11) is -3.65. The molecule has 1 N–H and O–H groups in total. The first-order chi connectivity index (χ1) is 16.9. The zero-order valence-electron chi connectivity index (χ0n) is 20.3. The number of benzene rings is 2. The molecule has 1 unspecified atom stereocenters. The predicted molar refractivity (Wildman–Crippen MR) is 135 cm³/mol. The number of hydrogen-bond donors (Lipinski definition) is 1. The highest BCUT2D eigenvalue weighted by Crippen LogP contribution is 2.29. The fourth-order valence-corrected chi connectivity index (χ4v) is 6.99. The van der Waals surface area contributed by atoms with Gasteiger partial charge in [0.1, 0.15) is 0 Å². The zero-order chi connectivity index (χ0) is 24.6. The van der Waals surface area contributed by atoms with Crippen LogP contribution in [-0.4, -0.2) is 41.0 Å². The third-order valence-corrected chi connectivity index (χ3v) is 9.24. The van der Waals surface area contributed by atoms with Gasteiger partial charge in [0.2, 0.25) is 10.0 Å². The molecule has 1 saturated heterocycles. The van der Waals surface area contributed by atoms with Crippen molar-refractivity contribution < 1.29 is 13.2 Å². The lowest BCUT2D eigenvalue weighted by molar-refractivity contribution is 0.0949. The maximum atomic E-state index is 13.3. The van der Waals surface area contributed by atoms with Gasteiger partial charge in [-0.2, -0.15) is 9.40 Å². The molecule has 0 saturated carbocycles. The molecule has 0 spiro atoms. The van der Waals surface area contributed by atoms with Crippen LogP contribution in [0.4, 0.5) is 0 Å². The van der Waals surface area contributed by atoms with Gasteiger partial charge in [-0.1, -0.05) is 30.7 Å². The number of fused-ring (bicyclic) bond motifs is 1. The number of amides is 1. The van der Waals surface area contributed by atoms with Gasteiger partial charge in [0, 0.05) is 23.8 Å². The van der Waals surface area contributed by atoms with E-state index in [1.807, 2.05) is 48.9 Å². The number of nitrogens with zero attached hydrogens (tertiary/aromatic N) is 3.